The molecule has 3 aromatic rings. The molecule has 3 heterocycles. The molecule has 3 rings (SSSR count). The molecule has 0 spiro atoms. The lowest BCUT2D eigenvalue weighted by molar-refractivity contribution is 0.823. The Hall–Kier alpha value is -2.50. The Kier molecular flexibility index (Phi) is 22.2. The minimum atomic E-state index is 0. The molecule has 0 aliphatic heterocycles. The van der Waals surface area contributed by atoms with E-state index in [0.29, 0.717) is 0 Å². The van der Waals surface area contributed by atoms with E-state index in [0.717, 1.165) is 22.4 Å². The third-order valence-corrected chi connectivity index (χ3v) is 2.72. The summed E-state index contributed by atoms with van der Waals surface area (Å²) in [5, 5.41) is 0. The van der Waals surface area contributed by atoms with Crippen LogP contribution in [0.2, 0.25) is 0 Å². The molecule has 0 aliphatic carbocycles. The number of halogens is 1. The molecular formula is C15H24ClN3O6. The summed E-state index contributed by atoms with van der Waals surface area (Å²) in [6, 6.07) is 11.9. The molecule has 25 heavy (non-hydrogen) atoms. The maximum atomic E-state index is 4.46. The van der Waals surface area contributed by atoms with E-state index < -0.39 is 0 Å². The highest BCUT2D eigenvalue weighted by Gasteiger charge is 2.07. The van der Waals surface area contributed by atoms with Crippen LogP contribution in [0.3, 0.4) is 0 Å². The second kappa shape index (κ2) is 16.4. The average molecular weight is 378 g/mol. The summed E-state index contributed by atoms with van der Waals surface area (Å²) in [7, 11) is 0. The predicted molar refractivity (Wildman–Crippen MR) is 99.6 cm³/mol. The van der Waals surface area contributed by atoms with Crippen molar-refractivity contribution in [2.24, 2.45) is 0 Å². The number of rotatable bonds is 2. The van der Waals surface area contributed by atoms with Crippen LogP contribution in [-0.4, -0.2) is 47.8 Å². The standard InChI is InChI=1S/C15H11N3.ClH.6H2O/c1-4-12(10-16-7-1)14-6-3-9-18-15(14)13-5-2-8-17-11-13;;;;;;;/h1-11H;1H;6*1H2. The minimum Gasteiger partial charge on any atom is -0.412 e. The maximum Gasteiger partial charge on any atom is 0.0796 e. The van der Waals surface area contributed by atoms with Crippen LogP contribution < -0.4 is 0 Å². The Morgan fingerprint density at radius 2 is 1.04 bits per heavy atom. The van der Waals surface area contributed by atoms with E-state index in [4.69, 9.17) is 0 Å². The fourth-order valence-electron chi connectivity index (χ4n) is 1.89. The first kappa shape index (κ1) is 34.0. The van der Waals surface area contributed by atoms with Gasteiger partial charge in [-0.2, -0.15) is 0 Å². The van der Waals surface area contributed by atoms with Crippen molar-refractivity contribution in [2.45, 2.75) is 0 Å². The lowest BCUT2D eigenvalue weighted by atomic mass is 10.0. The van der Waals surface area contributed by atoms with Gasteiger partial charge in [0.15, 0.2) is 0 Å². The molecule has 0 unspecified atom stereocenters. The summed E-state index contributed by atoms with van der Waals surface area (Å²) < 4.78 is 0. The van der Waals surface area contributed by atoms with Gasteiger partial charge in [-0.1, -0.05) is 12.1 Å². The zero-order chi connectivity index (χ0) is 12.2. The van der Waals surface area contributed by atoms with Gasteiger partial charge in [-0.3, -0.25) is 15.0 Å². The molecule has 0 bridgehead atoms. The second-order valence-corrected chi connectivity index (χ2v) is 3.88. The highest BCUT2D eigenvalue weighted by molar-refractivity contribution is 5.85. The van der Waals surface area contributed by atoms with Crippen LogP contribution in [0.4, 0.5) is 0 Å². The predicted octanol–water partition coefficient (Wildman–Crippen LogP) is -1.32. The van der Waals surface area contributed by atoms with Gasteiger partial charge in [0.05, 0.1) is 5.69 Å². The Bertz CT molecular complexity index is 603. The Labute approximate surface area is 150 Å². The van der Waals surface area contributed by atoms with E-state index in [-0.39, 0.29) is 45.3 Å². The van der Waals surface area contributed by atoms with Crippen LogP contribution in [0, 0.1) is 0 Å². The van der Waals surface area contributed by atoms with Crippen LogP contribution >= 0.6 is 12.4 Å². The molecule has 0 saturated carbocycles. The van der Waals surface area contributed by atoms with Crippen molar-refractivity contribution in [3.63, 3.8) is 0 Å². The van der Waals surface area contributed by atoms with Crippen LogP contribution in [0.5, 0.6) is 0 Å². The Morgan fingerprint density at radius 3 is 1.52 bits per heavy atom. The highest BCUT2D eigenvalue weighted by Crippen LogP contribution is 2.28. The third-order valence-electron chi connectivity index (χ3n) is 2.72. The number of pyridine rings is 3. The van der Waals surface area contributed by atoms with Crippen molar-refractivity contribution in [1.29, 1.82) is 0 Å². The summed E-state index contributed by atoms with van der Waals surface area (Å²) in [4.78, 5) is 12.8. The smallest absolute Gasteiger partial charge is 0.0796 e. The molecule has 0 fully saturated rings. The summed E-state index contributed by atoms with van der Waals surface area (Å²) in [6.07, 6.45) is 8.99. The molecule has 0 aliphatic rings. The van der Waals surface area contributed by atoms with E-state index in [1.807, 2.05) is 48.8 Å². The summed E-state index contributed by atoms with van der Waals surface area (Å²) in [5.74, 6) is 0. The first-order valence-corrected chi connectivity index (χ1v) is 5.71. The lowest BCUT2D eigenvalue weighted by Crippen LogP contribution is -1.89. The van der Waals surface area contributed by atoms with E-state index in [1.165, 1.54) is 0 Å². The maximum absolute atomic E-state index is 4.46. The van der Waals surface area contributed by atoms with E-state index >= 15 is 0 Å². The highest BCUT2D eigenvalue weighted by atomic mass is 35.5. The van der Waals surface area contributed by atoms with Gasteiger partial charge in [0, 0.05) is 47.7 Å². The number of hydrogen-bond donors (Lipinski definition) is 0. The zero-order valence-corrected chi connectivity index (χ0v) is 13.9. The van der Waals surface area contributed by atoms with E-state index in [2.05, 4.69) is 15.0 Å². The van der Waals surface area contributed by atoms with Crippen molar-refractivity contribution < 1.29 is 32.9 Å². The van der Waals surface area contributed by atoms with Crippen molar-refractivity contribution in [3.8, 4) is 22.4 Å². The van der Waals surface area contributed by atoms with Gasteiger partial charge in [-0.25, -0.2) is 0 Å². The first-order valence-electron chi connectivity index (χ1n) is 5.71. The van der Waals surface area contributed by atoms with Gasteiger partial charge in [0.1, 0.15) is 0 Å². The van der Waals surface area contributed by atoms with Gasteiger partial charge >= 0.3 is 0 Å². The molecule has 12 N–H and O–H groups in total. The third kappa shape index (κ3) is 7.74. The van der Waals surface area contributed by atoms with Crippen molar-refractivity contribution in [2.75, 3.05) is 0 Å². The Morgan fingerprint density at radius 1 is 0.560 bits per heavy atom. The molecule has 0 saturated heterocycles. The van der Waals surface area contributed by atoms with Gasteiger partial charge in [-0.15, -0.1) is 12.4 Å². The number of hydrogen-bond acceptors (Lipinski definition) is 3. The average Bonchev–Trinajstić information content (AvgIpc) is 2.49. The van der Waals surface area contributed by atoms with Gasteiger partial charge in [0.25, 0.3) is 0 Å². The van der Waals surface area contributed by atoms with Gasteiger partial charge in [-0.05, 0) is 24.3 Å². The monoisotopic (exact) mass is 377 g/mol. The fraction of sp³-hybridized carbons (Fsp3) is 0. The number of aromatic nitrogens is 3. The first-order chi connectivity index (χ1) is 8.95. The molecule has 0 aromatic carbocycles. The molecule has 142 valence electrons. The molecule has 9 nitrogen and oxygen atoms in total. The SMILES string of the molecule is Cl.O.O.O.O.O.O.c1cncc(-c2cccnc2-c2cccnc2)c1. The Balaban J connectivity index is -0.000000190. The minimum absolute atomic E-state index is 0. The van der Waals surface area contributed by atoms with Crippen LogP contribution in [0.15, 0.2) is 67.4 Å². The van der Waals surface area contributed by atoms with E-state index in [9.17, 15) is 0 Å². The summed E-state index contributed by atoms with van der Waals surface area (Å²) in [6.45, 7) is 0. The second-order valence-electron chi connectivity index (χ2n) is 3.88. The molecule has 10 heteroatoms. The van der Waals surface area contributed by atoms with Gasteiger partial charge in [0.2, 0.25) is 0 Å². The van der Waals surface area contributed by atoms with Crippen molar-refractivity contribution in [1.82, 2.24) is 15.0 Å². The van der Waals surface area contributed by atoms with Crippen molar-refractivity contribution in [3.05, 3.63) is 67.4 Å². The van der Waals surface area contributed by atoms with Crippen LogP contribution in [0.1, 0.15) is 0 Å². The normalized spacial score (nSPS) is 7.36. The van der Waals surface area contributed by atoms with Crippen molar-refractivity contribution >= 4 is 12.4 Å². The zero-order valence-electron chi connectivity index (χ0n) is 13.1. The van der Waals surface area contributed by atoms with Gasteiger partial charge < -0.3 is 32.9 Å². The summed E-state index contributed by atoms with van der Waals surface area (Å²) >= 11 is 0. The van der Waals surface area contributed by atoms with Crippen LogP contribution in [-0.2, 0) is 0 Å². The lowest BCUT2D eigenvalue weighted by Gasteiger charge is -2.07. The quantitative estimate of drug-likeness (QED) is 0.529. The molecule has 0 atom stereocenters. The number of nitrogens with zero attached hydrogens (tertiary/aromatic N) is 3. The molecule has 0 radical (unpaired) electrons. The van der Waals surface area contributed by atoms with E-state index in [1.54, 1.807) is 18.6 Å². The topological polar surface area (TPSA) is 228 Å². The summed E-state index contributed by atoms with van der Waals surface area (Å²) in [5.41, 5.74) is 4.07. The molecular weight excluding hydrogens is 354 g/mol. The van der Waals surface area contributed by atoms with Crippen LogP contribution in [0.25, 0.3) is 22.4 Å². The largest absolute Gasteiger partial charge is 0.412 e. The molecule has 3 aromatic heterocycles. The fourth-order valence-corrected chi connectivity index (χ4v) is 1.89. The molecule has 0 amide bonds.